The monoisotopic (exact) mass is 484 g/mol. The zero-order chi connectivity index (χ0) is 24.9. The highest BCUT2D eigenvalue weighted by molar-refractivity contribution is 5.88. The van der Waals surface area contributed by atoms with Crippen molar-refractivity contribution < 1.29 is 9.53 Å². The average Bonchev–Trinajstić information content (AvgIpc) is 3.37. The third-order valence-corrected chi connectivity index (χ3v) is 6.63. The molecule has 0 N–H and O–H groups in total. The largest absolute Gasteiger partial charge is 0.484 e. The van der Waals surface area contributed by atoms with Crippen LogP contribution in [0, 0.1) is 0 Å². The second kappa shape index (κ2) is 10.8. The molecule has 1 atom stereocenters. The fraction of sp³-hybridized carbons (Fsp3) is 0.357. The Balaban J connectivity index is 1.36. The number of benzene rings is 2. The average molecular weight is 485 g/mol. The molecule has 5 rings (SSSR count). The number of fused-ring (bicyclic) bond motifs is 1. The Hall–Kier alpha value is -3.94. The zero-order valence-electron chi connectivity index (χ0n) is 20.9. The molecule has 2 aromatic carbocycles. The number of hydrogen-bond acceptors (Lipinski definition) is 6. The Morgan fingerprint density at radius 2 is 1.67 bits per heavy atom. The Morgan fingerprint density at radius 3 is 2.36 bits per heavy atom. The van der Waals surface area contributed by atoms with Crippen LogP contribution in [0.1, 0.15) is 38.4 Å². The van der Waals surface area contributed by atoms with Gasteiger partial charge in [0.25, 0.3) is 5.91 Å². The highest BCUT2D eigenvalue weighted by Gasteiger charge is 2.26. The minimum atomic E-state index is 0.000455. The summed E-state index contributed by atoms with van der Waals surface area (Å²) in [5.41, 5.74) is 1.79. The fourth-order valence-corrected chi connectivity index (χ4v) is 4.61. The topological polar surface area (TPSA) is 76.4 Å². The number of ether oxygens (including phenoxy) is 1. The molecular formula is C28H32N6O2. The van der Waals surface area contributed by atoms with Crippen LogP contribution in [0.3, 0.4) is 0 Å². The van der Waals surface area contributed by atoms with Gasteiger partial charge in [-0.1, -0.05) is 56.7 Å². The summed E-state index contributed by atoms with van der Waals surface area (Å²) in [4.78, 5) is 26.9. The molecule has 0 radical (unpaired) electrons. The quantitative estimate of drug-likeness (QED) is 0.368. The van der Waals surface area contributed by atoms with Crippen LogP contribution in [0.5, 0.6) is 5.75 Å². The van der Waals surface area contributed by atoms with Crippen molar-refractivity contribution in [1.82, 2.24) is 24.6 Å². The van der Waals surface area contributed by atoms with Gasteiger partial charge in [0, 0.05) is 32.1 Å². The van der Waals surface area contributed by atoms with Crippen LogP contribution >= 0.6 is 0 Å². The van der Waals surface area contributed by atoms with E-state index in [1.807, 2.05) is 76.4 Å². The molecule has 4 aromatic rings. The van der Waals surface area contributed by atoms with E-state index in [-0.39, 0.29) is 18.4 Å². The van der Waals surface area contributed by atoms with Crippen molar-refractivity contribution in [1.29, 1.82) is 0 Å². The SMILES string of the molecule is CCC[C@H](C)c1nc(N2CCN(C(=O)COc3ccccc3)CC2)c2cnn(-c3ccccc3)c2n1. The first kappa shape index (κ1) is 23.8. The van der Waals surface area contributed by atoms with Crippen molar-refractivity contribution in [3.05, 3.63) is 72.7 Å². The van der Waals surface area contributed by atoms with Crippen molar-refractivity contribution >= 4 is 22.8 Å². The number of carbonyl (C=O) groups is 1. The summed E-state index contributed by atoms with van der Waals surface area (Å²) in [6.45, 7) is 7.04. The van der Waals surface area contributed by atoms with Gasteiger partial charge in [0.15, 0.2) is 12.3 Å². The summed E-state index contributed by atoms with van der Waals surface area (Å²) >= 11 is 0. The molecular weight excluding hydrogens is 452 g/mol. The maximum Gasteiger partial charge on any atom is 0.260 e. The van der Waals surface area contributed by atoms with E-state index in [0.717, 1.165) is 41.2 Å². The Bertz CT molecular complexity index is 1300. The summed E-state index contributed by atoms with van der Waals surface area (Å²) < 4.78 is 7.56. The molecule has 0 aliphatic carbocycles. The molecule has 0 spiro atoms. The van der Waals surface area contributed by atoms with Crippen molar-refractivity contribution in [2.45, 2.75) is 32.6 Å². The van der Waals surface area contributed by atoms with Crippen molar-refractivity contribution in [2.75, 3.05) is 37.7 Å². The first-order valence-corrected chi connectivity index (χ1v) is 12.7. The minimum absolute atomic E-state index is 0.000455. The molecule has 0 bridgehead atoms. The third-order valence-electron chi connectivity index (χ3n) is 6.63. The van der Waals surface area contributed by atoms with Crippen LogP contribution in [0.25, 0.3) is 16.7 Å². The van der Waals surface area contributed by atoms with Crippen LogP contribution < -0.4 is 9.64 Å². The third kappa shape index (κ3) is 5.03. The Labute approximate surface area is 211 Å². The van der Waals surface area contributed by atoms with Gasteiger partial charge in [-0.2, -0.15) is 5.10 Å². The smallest absolute Gasteiger partial charge is 0.260 e. The normalized spacial score (nSPS) is 14.7. The molecule has 8 nitrogen and oxygen atoms in total. The van der Waals surface area contributed by atoms with Gasteiger partial charge in [-0.15, -0.1) is 0 Å². The van der Waals surface area contributed by atoms with Gasteiger partial charge in [-0.25, -0.2) is 14.6 Å². The maximum atomic E-state index is 12.7. The summed E-state index contributed by atoms with van der Waals surface area (Å²) in [5.74, 6) is 2.69. The Morgan fingerprint density at radius 1 is 0.972 bits per heavy atom. The van der Waals surface area contributed by atoms with Gasteiger partial charge in [0.1, 0.15) is 17.4 Å². The van der Waals surface area contributed by atoms with E-state index < -0.39 is 0 Å². The van der Waals surface area contributed by atoms with E-state index in [0.29, 0.717) is 31.9 Å². The van der Waals surface area contributed by atoms with Gasteiger partial charge >= 0.3 is 0 Å². The van der Waals surface area contributed by atoms with E-state index in [1.54, 1.807) is 0 Å². The van der Waals surface area contributed by atoms with E-state index in [2.05, 4.69) is 23.8 Å². The number of hydrogen-bond donors (Lipinski definition) is 0. The first-order chi connectivity index (χ1) is 17.6. The second-order valence-corrected chi connectivity index (χ2v) is 9.19. The van der Waals surface area contributed by atoms with E-state index >= 15 is 0 Å². The molecule has 3 heterocycles. The van der Waals surface area contributed by atoms with E-state index in [1.165, 1.54) is 0 Å². The number of aromatic nitrogens is 4. The molecule has 1 amide bonds. The molecule has 2 aromatic heterocycles. The molecule has 8 heteroatoms. The zero-order valence-corrected chi connectivity index (χ0v) is 20.9. The predicted octanol–water partition coefficient (Wildman–Crippen LogP) is 4.45. The lowest BCUT2D eigenvalue weighted by molar-refractivity contribution is -0.133. The van der Waals surface area contributed by atoms with Crippen LogP contribution in [-0.4, -0.2) is 63.3 Å². The number of amides is 1. The van der Waals surface area contributed by atoms with Gasteiger partial charge in [0.05, 0.1) is 17.3 Å². The second-order valence-electron chi connectivity index (χ2n) is 9.19. The minimum Gasteiger partial charge on any atom is -0.484 e. The molecule has 1 saturated heterocycles. The standard InChI is InChI=1S/C28H32N6O2/c1-3-10-21(2)26-30-27(24-19-29-34(28(24)31-26)22-11-6-4-7-12-22)33-17-15-32(16-18-33)25(35)20-36-23-13-8-5-9-14-23/h4-9,11-14,19,21H,3,10,15-18,20H2,1-2H3/t21-/m0/s1. The van der Waals surface area contributed by atoms with Crippen molar-refractivity contribution in [2.24, 2.45) is 0 Å². The highest BCUT2D eigenvalue weighted by atomic mass is 16.5. The highest BCUT2D eigenvalue weighted by Crippen LogP contribution is 2.29. The fourth-order valence-electron chi connectivity index (χ4n) is 4.61. The van der Waals surface area contributed by atoms with Crippen molar-refractivity contribution in [3.8, 4) is 11.4 Å². The number of nitrogens with zero attached hydrogens (tertiary/aromatic N) is 6. The van der Waals surface area contributed by atoms with E-state index in [4.69, 9.17) is 14.7 Å². The van der Waals surface area contributed by atoms with Gasteiger partial charge in [0.2, 0.25) is 0 Å². The molecule has 0 unspecified atom stereocenters. The predicted molar refractivity (Wildman–Crippen MR) is 141 cm³/mol. The lowest BCUT2D eigenvalue weighted by Gasteiger charge is -2.35. The van der Waals surface area contributed by atoms with Crippen LogP contribution in [0.4, 0.5) is 5.82 Å². The first-order valence-electron chi connectivity index (χ1n) is 12.7. The number of anilines is 1. The number of rotatable bonds is 8. The van der Waals surface area contributed by atoms with Gasteiger partial charge < -0.3 is 14.5 Å². The summed E-state index contributed by atoms with van der Waals surface area (Å²) in [7, 11) is 0. The van der Waals surface area contributed by atoms with Crippen LogP contribution in [0.15, 0.2) is 66.9 Å². The van der Waals surface area contributed by atoms with Gasteiger partial charge in [-0.3, -0.25) is 4.79 Å². The summed E-state index contributed by atoms with van der Waals surface area (Å²) in [5, 5.41) is 5.60. The lowest BCUT2D eigenvalue weighted by atomic mass is 10.1. The molecule has 36 heavy (non-hydrogen) atoms. The molecule has 1 aliphatic heterocycles. The van der Waals surface area contributed by atoms with Gasteiger partial charge in [-0.05, 0) is 30.7 Å². The lowest BCUT2D eigenvalue weighted by Crippen LogP contribution is -2.50. The molecule has 186 valence electrons. The maximum absolute atomic E-state index is 12.7. The summed E-state index contributed by atoms with van der Waals surface area (Å²) in [6, 6.07) is 19.5. The van der Waals surface area contributed by atoms with Crippen LogP contribution in [0.2, 0.25) is 0 Å². The molecule has 1 fully saturated rings. The van der Waals surface area contributed by atoms with Crippen molar-refractivity contribution in [3.63, 3.8) is 0 Å². The number of piperazine rings is 1. The molecule has 1 aliphatic rings. The van der Waals surface area contributed by atoms with E-state index in [9.17, 15) is 4.79 Å². The molecule has 0 saturated carbocycles. The number of para-hydroxylation sites is 2. The Kier molecular flexibility index (Phi) is 7.11. The summed E-state index contributed by atoms with van der Waals surface area (Å²) in [6.07, 6.45) is 3.95. The number of carbonyl (C=O) groups excluding carboxylic acids is 1. The van der Waals surface area contributed by atoms with Crippen LogP contribution in [-0.2, 0) is 4.79 Å².